The third kappa shape index (κ3) is 4.43. The zero-order valence-corrected chi connectivity index (χ0v) is 14.0. The summed E-state index contributed by atoms with van der Waals surface area (Å²) in [6, 6.07) is 6.59. The summed E-state index contributed by atoms with van der Waals surface area (Å²) in [5.74, 6) is 0. The normalized spacial score (nSPS) is 12.7. The van der Waals surface area contributed by atoms with Gasteiger partial charge in [-0.15, -0.1) is 0 Å². The number of sulfonamides is 1. The molecule has 0 aromatic heterocycles. The molecule has 0 saturated carbocycles. The Hall–Kier alpha value is -1.11. The summed E-state index contributed by atoms with van der Waals surface area (Å²) in [6.45, 7) is 7.45. The first-order chi connectivity index (χ1) is 9.80. The van der Waals surface area contributed by atoms with Crippen molar-refractivity contribution in [3.8, 4) is 0 Å². The molecule has 0 spiro atoms. The molecular formula is C15H26N2O3S. The SMILES string of the molecule is CCC(CC)(CO)Nc1ccccc1S(=O)(=O)NC(C)C. The molecule has 1 aromatic carbocycles. The van der Waals surface area contributed by atoms with E-state index >= 15 is 0 Å². The third-order valence-corrected chi connectivity index (χ3v) is 5.34. The number of aliphatic hydroxyl groups excluding tert-OH is 1. The standard InChI is InChI=1S/C15H26N2O3S/c1-5-15(6-2,11-18)16-13-9-7-8-10-14(13)21(19,20)17-12(3)4/h7-10,12,16-18H,5-6,11H2,1-4H3. The van der Waals surface area contributed by atoms with Gasteiger partial charge in [-0.05, 0) is 38.8 Å². The second kappa shape index (κ2) is 7.24. The Bertz CT molecular complexity index is 544. The molecule has 1 aromatic rings. The molecule has 0 radical (unpaired) electrons. The first kappa shape index (κ1) is 17.9. The van der Waals surface area contributed by atoms with E-state index in [1.807, 2.05) is 13.8 Å². The Morgan fingerprint density at radius 3 is 2.24 bits per heavy atom. The van der Waals surface area contributed by atoms with Crippen molar-refractivity contribution < 1.29 is 13.5 Å². The highest BCUT2D eigenvalue weighted by Gasteiger charge is 2.28. The number of aliphatic hydroxyl groups is 1. The molecule has 120 valence electrons. The minimum absolute atomic E-state index is 0.0496. The molecule has 5 nitrogen and oxygen atoms in total. The van der Waals surface area contributed by atoms with E-state index in [2.05, 4.69) is 10.0 Å². The Balaban J connectivity index is 3.22. The topological polar surface area (TPSA) is 78.4 Å². The van der Waals surface area contributed by atoms with Gasteiger partial charge in [0.05, 0.1) is 17.8 Å². The van der Waals surface area contributed by atoms with E-state index in [1.54, 1.807) is 38.1 Å². The third-order valence-electron chi connectivity index (χ3n) is 3.62. The van der Waals surface area contributed by atoms with Crippen molar-refractivity contribution in [1.82, 2.24) is 4.72 Å². The van der Waals surface area contributed by atoms with E-state index in [-0.39, 0.29) is 17.5 Å². The lowest BCUT2D eigenvalue weighted by Crippen LogP contribution is -2.41. The molecule has 0 saturated heterocycles. The quantitative estimate of drug-likeness (QED) is 0.688. The van der Waals surface area contributed by atoms with Crippen LogP contribution in [0.25, 0.3) is 0 Å². The molecule has 0 aliphatic rings. The molecule has 3 N–H and O–H groups in total. The van der Waals surface area contributed by atoms with Crippen LogP contribution < -0.4 is 10.0 Å². The lowest BCUT2D eigenvalue weighted by Gasteiger charge is -2.32. The number of para-hydroxylation sites is 1. The summed E-state index contributed by atoms with van der Waals surface area (Å²) in [7, 11) is -3.58. The minimum atomic E-state index is -3.58. The van der Waals surface area contributed by atoms with Gasteiger partial charge in [-0.1, -0.05) is 26.0 Å². The van der Waals surface area contributed by atoms with E-state index in [1.165, 1.54) is 0 Å². The molecule has 0 fully saturated rings. The predicted octanol–water partition coefficient (Wildman–Crippen LogP) is 2.34. The number of hydrogen-bond donors (Lipinski definition) is 3. The van der Waals surface area contributed by atoms with E-state index in [0.29, 0.717) is 18.5 Å². The van der Waals surface area contributed by atoms with Crippen LogP contribution in [0.15, 0.2) is 29.2 Å². The fourth-order valence-corrected chi connectivity index (χ4v) is 3.57. The maximum atomic E-state index is 12.4. The monoisotopic (exact) mass is 314 g/mol. The smallest absolute Gasteiger partial charge is 0.242 e. The van der Waals surface area contributed by atoms with Crippen molar-refractivity contribution in [1.29, 1.82) is 0 Å². The summed E-state index contributed by atoms with van der Waals surface area (Å²) in [4.78, 5) is 0.207. The zero-order valence-electron chi connectivity index (χ0n) is 13.2. The lowest BCUT2D eigenvalue weighted by atomic mass is 9.93. The van der Waals surface area contributed by atoms with Gasteiger partial charge in [0.15, 0.2) is 0 Å². The van der Waals surface area contributed by atoms with Crippen LogP contribution in [-0.4, -0.2) is 31.7 Å². The zero-order chi connectivity index (χ0) is 16.1. The highest BCUT2D eigenvalue weighted by atomic mass is 32.2. The van der Waals surface area contributed by atoms with Crippen LogP contribution in [-0.2, 0) is 10.0 Å². The Morgan fingerprint density at radius 2 is 1.76 bits per heavy atom. The molecular weight excluding hydrogens is 288 g/mol. The van der Waals surface area contributed by atoms with Gasteiger partial charge in [0, 0.05) is 6.04 Å². The largest absolute Gasteiger partial charge is 0.394 e. The number of anilines is 1. The van der Waals surface area contributed by atoms with Gasteiger partial charge < -0.3 is 10.4 Å². The molecule has 0 atom stereocenters. The first-order valence-electron chi connectivity index (χ1n) is 7.30. The summed E-state index contributed by atoms with van der Waals surface area (Å²) in [5, 5.41) is 12.9. The first-order valence-corrected chi connectivity index (χ1v) is 8.79. The van der Waals surface area contributed by atoms with Crippen molar-refractivity contribution in [3.63, 3.8) is 0 Å². The van der Waals surface area contributed by atoms with Crippen molar-refractivity contribution in [3.05, 3.63) is 24.3 Å². The van der Waals surface area contributed by atoms with E-state index in [0.717, 1.165) is 0 Å². The van der Waals surface area contributed by atoms with Crippen LogP contribution in [0.2, 0.25) is 0 Å². The van der Waals surface area contributed by atoms with Crippen LogP contribution >= 0.6 is 0 Å². The Morgan fingerprint density at radius 1 is 1.19 bits per heavy atom. The van der Waals surface area contributed by atoms with Gasteiger partial charge in [0.1, 0.15) is 4.90 Å². The Labute approximate surface area is 127 Å². The van der Waals surface area contributed by atoms with Gasteiger partial charge >= 0.3 is 0 Å². The molecule has 6 heteroatoms. The van der Waals surface area contributed by atoms with Gasteiger partial charge in [-0.2, -0.15) is 0 Å². The van der Waals surface area contributed by atoms with Gasteiger partial charge in [-0.25, -0.2) is 13.1 Å². The average Bonchev–Trinajstić information content (AvgIpc) is 2.44. The average molecular weight is 314 g/mol. The molecule has 0 unspecified atom stereocenters. The van der Waals surface area contributed by atoms with E-state index in [9.17, 15) is 13.5 Å². The van der Waals surface area contributed by atoms with E-state index in [4.69, 9.17) is 0 Å². The maximum absolute atomic E-state index is 12.4. The lowest BCUT2D eigenvalue weighted by molar-refractivity contribution is 0.202. The maximum Gasteiger partial charge on any atom is 0.242 e. The second-order valence-corrected chi connectivity index (χ2v) is 7.23. The van der Waals surface area contributed by atoms with Crippen LogP contribution in [0, 0.1) is 0 Å². The molecule has 21 heavy (non-hydrogen) atoms. The Kier molecular flexibility index (Phi) is 6.19. The van der Waals surface area contributed by atoms with Crippen LogP contribution in [0.1, 0.15) is 40.5 Å². The summed E-state index contributed by atoms with van der Waals surface area (Å²) in [6.07, 6.45) is 1.40. The summed E-state index contributed by atoms with van der Waals surface area (Å²) >= 11 is 0. The fourth-order valence-electron chi connectivity index (χ4n) is 2.15. The molecule has 0 bridgehead atoms. The second-order valence-electron chi connectivity index (χ2n) is 5.54. The highest BCUT2D eigenvalue weighted by molar-refractivity contribution is 7.89. The number of hydrogen-bond acceptors (Lipinski definition) is 4. The predicted molar refractivity (Wildman–Crippen MR) is 85.9 cm³/mol. The fraction of sp³-hybridized carbons (Fsp3) is 0.600. The van der Waals surface area contributed by atoms with Crippen LogP contribution in [0.5, 0.6) is 0 Å². The van der Waals surface area contributed by atoms with Gasteiger partial charge in [0.2, 0.25) is 10.0 Å². The summed E-state index contributed by atoms with van der Waals surface area (Å²) < 4.78 is 27.4. The van der Waals surface area contributed by atoms with Gasteiger partial charge in [-0.3, -0.25) is 0 Å². The minimum Gasteiger partial charge on any atom is -0.394 e. The molecule has 0 aliphatic heterocycles. The van der Waals surface area contributed by atoms with Crippen molar-refractivity contribution in [2.75, 3.05) is 11.9 Å². The van der Waals surface area contributed by atoms with Crippen molar-refractivity contribution in [2.45, 2.75) is 57.0 Å². The summed E-state index contributed by atoms with van der Waals surface area (Å²) in [5.41, 5.74) is 0.00657. The highest BCUT2D eigenvalue weighted by Crippen LogP contribution is 2.27. The van der Waals surface area contributed by atoms with Crippen LogP contribution in [0.3, 0.4) is 0 Å². The number of benzene rings is 1. The number of nitrogens with one attached hydrogen (secondary N) is 2. The molecule has 0 amide bonds. The molecule has 1 rings (SSSR count). The van der Waals surface area contributed by atoms with Crippen molar-refractivity contribution >= 4 is 15.7 Å². The molecule has 0 heterocycles. The van der Waals surface area contributed by atoms with Crippen molar-refractivity contribution in [2.24, 2.45) is 0 Å². The van der Waals surface area contributed by atoms with E-state index < -0.39 is 15.6 Å². The number of rotatable bonds is 8. The van der Waals surface area contributed by atoms with Gasteiger partial charge in [0.25, 0.3) is 0 Å². The van der Waals surface area contributed by atoms with Crippen LogP contribution in [0.4, 0.5) is 5.69 Å². The molecule has 0 aliphatic carbocycles.